The molecule has 1 fully saturated rings. The monoisotopic (exact) mass is 147 g/mol. The molecule has 10 heavy (non-hydrogen) atoms. The zero-order valence-electron chi connectivity index (χ0n) is 6.02. The summed E-state index contributed by atoms with van der Waals surface area (Å²) < 4.78 is 12.6. The molecule has 0 radical (unpaired) electrons. The molecule has 2 unspecified atom stereocenters. The standard InChI is InChI=1S/C7H14FNO/c8-6-1-3-9-7(5-6)2-4-10/h6-7,9-10H,1-5H2. The van der Waals surface area contributed by atoms with Crippen LogP contribution in [0.4, 0.5) is 4.39 Å². The van der Waals surface area contributed by atoms with Gasteiger partial charge >= 0.3 is 0 Å². The predicted octanol–water partition coefficient (Wildman–Crippen LogP) is 0.459. The maximum atomic E-state index is 12.6. The second-order valence-electron chi connectivity index (χ2n) is 2.78. The molecule has 2 nitrogen and oxygen atoms in total. The summed E-state index contributed by atoms with van der Waals surface area (Å²) in [6.07, 6.45) is 1.22. The first kappa shape index (κ1) is 7.95. The van der Waals surface area contributed by atoms with Crippen molar-refractivity contribution in [2.75, 3.05) is 13.2 Å². The van der Waals surface area contributed by atoms with Crippen LogP contribution in [0.2, 0.25) is 0 Å². The number of rotatable bonds is 2. The van der Waals surface area contributed by atoms with E-state index in [1.165, 1.54) is 0 Å². The highest BCUT2D eigenvalue weighted by Crippen LogP contribution is 2.13. The van der Waals surface area contributed by atoms with Gasteiger partial charge in [-0.2, -0.15) is 0 Å². The summed E-state index contributed by atoms with van der Waals surface area (Å²) in [5, 5.41) is 11.7. The third-order valence-corrected chi connectivity index (χ3v) is 1.91. The SMILES string of the molecule is OCCC1CC(F)CCN1. The molecule has 0 spiro atoms. The van der Waals surface area contributed by atoms with Crippen molar-refractivity contribution < 1.29 is 9.50 Å². The van der Waals surface area contributed by atoms with E-state index in [9.17, 15) is 4.39 Å². The van der Waals surface area contributed by atoms with Crippen LogP contribution in [0.25, 0.3) is 0 Å². The van der Waals surface area contributed by atoms with Gasteiger partial charge in [-0.1, -0.05) is 0 Å². The molecule has 2 N–H and O–H groups in total. The van der Waals surface area contributed by atoms with Crippen LogP contribution in [-0.2, 0) is 0 Å². The fourth-order valence-electron chi connectivity index (χ4n) is 1.33. The van der Waals surface area contributed by atoms with Crippen molar-refractivity contribution in [3.63, 3.8) is 0 Å². The number of alkyl halides is 1. The van der Waals surface area contributed by atoms with Crippen LogP contribution in [0.5, 0.6) is 0 Å². The molecular formula is C7H14FNO. The summed E-state index contributed by atoms with van der Waals surface area (Å²) in [5.74, 6) is 0. The van der Waals surface area contributed by atoms with Crippen molar-refractivity contribution in [3.05, 3.63) is 0 Å². The van der Waals surface area contributed by atoms with E-state index in [4.69, 9.17) is 5.11 Å². The maximum absolute atomic E-state index is 12.6. The molecule has 0 amide bonds. The highest BCUT2D eigenvalue weighted by Gasteiger charge is 2.19. The van der Waals surface area contributed by atoms with Gasteiger partial charge in [-0.15, -0.1) is 0 Å². The molecule has 2 atom stereocenters. The summed E-state index contributed by atoms with van der Waals surface area (Å²) >= 11 is 0. The van der Waals surface area contributed by atoms with Gasteiger partial charge in [-0.3, -0.25) is 0 Å². The van der Waals surface area contributed by atoms with Gasteiger partial charge in [0.15, 0.2) is 0 Å². The minimum absolute atomic E-state index is 0.157. The Kier molecular flexibility index (Phi) is 3.09. The second kappa shape index (κ2) is 3.88. The molecular weight excluding hydrogens is 133 g/mol. The third kappa shape index (κ3) is 2.23. The minimum atomic E-state index is -0.655. The number of hydrogen-bond acceptors (Lipinski definition) is 2. The Balaban J connectivity index is 2.18. The van der Waals surface area contributed by atoms with E-state index in [2.05, 4.69) is 5.32 Å². The van der Waals surface area contributed by atoms with Gasteiger partial charge in [0, 0.05) is 12.6 Å². The Morgan fingerprint density at radius 1 is 1.60 bits per heavy atom. The summed E-state index contributed by atoms with van der Waals surface area (Å²) in [4.78, 5) is 0. The molecule has 0 bridgehead atoms. The quantitative estimate of drug-likeness (QED) is 0.594. The molecule has 60 valence electrons. The van der Waals surface area contributed by atoms with E-state index >= 15 is 0 Å². The van der Waals surface area contributed by atoms with Gasteiger partial charge in [-0.05, 0) is 25.8 Å². The number of halogens is 1. The maximum Gasteiger partial charge on any atom is 0.103 e. The minimum Gasteiger partial charge on any atom is -0.396 e. The van der Waals surface area contributed by atoms with Crippen LogP contribution >= 0.6 is 0 Å². The lowest BCUT2D eigenvalue weighted by Crippen LogP contribution is -2.39. The third-order valence-electron chi connectivity index (χ3n) is 1.91. The van der Waals surface area contributed by atoms with Crippen molar-refractivity contribution >= 4 is 0 Å². The molecule has 0 aliphatic carbocycles. The Hall–Kier alpha value is -0.150. The first-order valence-corrected chi connectivity index (χ1v) is 3.81. The second-order valence-corrected chi connectivity index (χ2v) is 2.78. The molecule has 1 heterocycles. The number of hydrogen-bond donors (Lipinski definition) is 2. The highest BCUT2D eigenvalue weighted by atomic mass is 19.1. The number of aliphatic hydroxyl groups is 1. The lowest BCUT2D eigenvalue weighted by molar-refractivity contribution is 0.191. The summed E-state index contributed by atoms with van der Waals surface area (Å²) in [6.45, 7) is 0.913. The first-order valence-electron chi connectivity index (χ1n) is 3.81. The van der Waals surface area contributed by atoms with Crippen LogP contribution in [-0.4, -0.2) is 30.5 Å². The molecule has 0 aromatic heterocycles. The van der Waals surface area contributed by atoms with Crippen molar-refractivity contribution in [1.29, 1.82) is 0 Å². The zero-order chi connectivity index (χ0) is 7.40. The van der Waals surface area contributed by atoms with E-state index < -0.39 is 6.17 Å². The lowest BCUT2D eigenvalue weighted by atomic mass is 10.0. The Labute approximate surface area is 60.4 Å². The fraction of sp³-hybridized carbons (Fsp3) is 1.00. The molecule has 0 saturated carbocycles. The van der Waals surface area contributed by atoms with E-state index in [0.717, 1.165) is 6.54 Å². The van der Waals surface area contributed by atoms with Crippen molar-refractivity contribution in [2.24, 2.45) is 0 Å². The molecule has 1 saturated heterocycles. The highest BCUT2D eigenvalue weighted by molar-refractivity contribution is 4.77. The van der Waals surface area contributed by atoms with Crippen LogP contribution in [0, 0.1) is 0 Å². The van der Waals surface area contributed by atoms with E-state index in [1.807, 2.05) is 0 Å². The zero-order valence-corrected chi connectivity index (χ0v) is 6.02. The van der Waals surface area contributed by atoms with E-state index in [0.29, 0.717) is 19.3 Å². The Bertz CT molecular complexity index is 97.6. The van der Waals surface area contributed by atoms with Gasteiger partial charge in [0.1, 0.15) is 6.17 Å². The van der Waals surface area contributed by atoms with E-state index in [-0.39, 0.29) is 12.6 Å². The molecule has 3 heteroatoms. The van der Waals surface area contributed by atoms with Crippen molar-refractivity contribution in [2.45, 2.75) is 31.5 Å². The Morgan fingerprint density at radius 3 is 3.00 bits per heavy atom. The lowest BCUT2D eigenvalue weighted by Gasteiger charge is -2.25. The molecule has 1 rings (SSSR count). The fourth-order valence-corrected chi connectivity index (χ4v) is 1.33. The van der Waals surface area contributed by atoms with Gasteiger partial charge in [0.05, 0.1) is 0 Å². The smallest absolute Gasteiger partial charge is 0.103 e. The van der Waals surface area contributed by atoms with Gasteiger partial charge in [-0.25, -0.2) is 4.39 Å². The largest absolute Gasteiger partial charge is 0.396 e. The van der Waals surface area contributed by atoms with Crippen molar-refractivity contribution in [1.82, 2.24) is 5.32 Å². The molecule has 1 aliphatic heterocycles. The summed E-state index contributed by atoms with van der Waals surface area (Å²) in [6, 6.07) is 0.203. The molecule has 0 aromatic rings. The Morgan fingerprint density at radius 2 is 2.40 bits per heavy atom. The van der Waals surface area contributed by atoms with E-state index in [1.54, 1.807) is 0 Å². The van der Waals surface area contributed by atoms with Gasteiger partial charge < -0.3 is 10.4 Å². The van der Waals surface area contributed by atoms with Crippen molar-refractivity contribution in [3.8, 4) is 0 Å². The van der Waals surface area contributed by atoms with Crippen LogP contribution in [0.3, 0.4) is 0 Å². The van der Waals surface area contributed by atoms with Crippen LogP contribution in [0.1, 0.15) is 19.3 Å². The molecule has 0 aromatic carbocycles. The topological polar surface area (TPSA) is 32.3 Å². The molecule has 1 aliphatic rings. The van der Waals surface area contributed by atoms with Gasteiger partial charge in [0.25, 0.3) is 0 Å². The first-order chi connectivity index (χ1) is 4.83. The van der Waals surface area contributed by atoms with Crippen LogP contribution in [0.15, 0.2) is 0 Å². The normalized spacial score (nSPS) is 34.2. The predicted molar refractivity (Wildman–Crippen MR) is 37.6 cm³/mol. The summed E-state index contributed by atoms with van der Waals surface area (Å²) in [5.41, 5.74) is 0. The average Bonchev–Trinajstić information content (AvgIpc) is 1.88. The van der Waals surface area contributed by atoms with Crippen LogP contribution < -0.4 is 5.32 Å². The number of aliphatic hydroxyl groups excluding tert-OH is 1. The number of nitrogens with one attached hydrogen (secondary N) is 1. The average molecular weight is 147 g/mol. The number of piperidine rings is 1. The summed E-state index contributed by atoms with van der Waals surface area (Å²) in [7, 11) is 0. The van der Waals surface area contributed by atoms with Gasteiger partial charge in [0.2, 0.25) is 0 Å².